The highest BCUT2D eigenvalue weighted by Gasteiger charge is 2.20. The number of hydrogen-bond donors (Lipinski definition) is 1. The van der Waals surface area contributed by atoms with E-state index in [1.54, 1.807) is 50.6 Å². The Kier molecular flexibility index (Phi) is 5.01. The van der Waals surface area contributed by atoms with E-state index in [1.807, 2.05) is 0 Å². The number of methoxy groups -OCH3 is 2. The molecule has 3 aromatic carbocycles. The van der Waals surface area contributed by atoms with Crippen LogP contribution in [0.1, 0.15) is 15.9 Å². The van der Waals surface area contributed by atoms with Crippen LogP contribution >= 0.6 is 31.9 Å². The molecular formula is C19H14Br2O4. The molecular weight excluding hydrogens is 452 g/mol. The third-order valence-corrected chi connectivity index (χ3v) is 5.96. The number of carbonyl (C=O) groups is 1. The lowest BCUT2D eigenvalue weighted by Crippen LogP contribution is -2.02. The van der Waals surface area contributed by atoms with E-state index in [9.17, 15) is 9.90 Å². The Morgan fingerprint density at radius 1 is 0.920 bits per heavy atom. The van der Waals surface area contributed by atoms with Crippen LogP contribution < -0.4 is 9.47 Å². The van der Waals surface area contributed by atoms with Crippen LogP contribution in [-0.4, -0.2) is 25.1 Å². The van der Waals surface area contributed by atoms with E-state index in [0.717, 1.165) is 15.2 Å². The molecule has 128 valence electrons. The Labute approximate surface area is 161 Å². The minimum atomic E-state index is -0.264. The summed E-state index contributed by atoms with van der Waals surface area (Å²) in [6.07, 6.45) is 0. The van der Waals surface area contributed by atoms with Gasteiger partial charge in [-0.3, -0.25) is 4.79 Å². The molecule has 6 heteroatoms. The summed E-state index contributed by atoms with van der Waals surface area (Å²) in [5.41, 5.74) is 0.701. The van der Waals surface area contributed by atoms with Crippen LogP contribution in [0, 0.1) is 0 Å². The van der Waals surface area contributed by atoms with Gasteiger partial charge in [0.15, 0.2) is 5.78 Å². The molecule has 0 radical (unpaired) electrons. The van der Waals surface area contributed by atoms with Gasteiger partial charge in [0.1, 0.15) is 17.2 Å². The second kappa shape index (κ2) is 7.06. The normalized spacial score (nSPS) is 10.7. The third kappa shape index (κ3) is 3.00. The minimum absolute atomic E-state index is 0.0471. The number of carbonyl (C=O) groups excluding carboxylic acids is 1. The van der Waals surface area contributed by atoms with Gasteiger partial charge in [-0.2, -0.15) is 0 Å². The number of phenols is 1. The molecule has 0 spiro atoms. The van der Waals surface area contributed by atoms with Gasteiger partial charge >= 0.3 is 0 Å². The van der Waals surface area contributed by atoms with Crippen LogP contribution in [0.15, 0.2) is 51.4 Å². The first-order chi connectivity index (χ1) is 12.0. The van der Waals surface area contributed by atoms with Gasteiger partial charge < -0.3 is 14.6 Å². The number of ether oxygens (including phenoxy) is 2. The van der Waals surface area contributed by atoms with E-state index < -0.39 is 0 Å². The van der Waals surface area contributed by atoms with Crippen LogP contribution in [-0.2, 0) is 0 Å². The Morgan fingerprint density at radius 2 is 1.52 bits per heavy atom. The topological polar surface area (TPSA) is 55.8 Å². The van der Waals surface area contributed by atoms with Gasteiger partial charge in [0, 0.05) is 16.3 Å². The molecule has 0 amide bonds. The Bertz CT molecular complexity index is 983. The number of ketones is 1. The van der Waals surface area contributed by atoms with Gasteiger partial charge in [0.25, 0.3) is 0 Å². The molecule has 0 saturated heterocycles. The number of fused-ring (bicyclic) bond motifs is 1. The zero-order chi connectivity index (χ0) is 18.1. The summed E-state index contributed by atoms with van der Waals surface area (Å²) in [4.78, 5) is 12.8. The highest BCUT2D eigenvalue weighted by Crippen LogP contribution is 2.47. The number of benzene rings is 3. The van der Waals surface area contributed by atoms with E-state index >= 15 is 0 Å². The molecule has 4 nitrogen and oxygen atoms in total. The summed E-state index contributed by atoms with van der Waals surface area (Å²) >= 11 is 6.99. The van der Waals surface area contributed by atoms with Gasteiger partial charge in [-0.15, -0.1) is 0 Å². The number of halogens is 2. The van der Waals surface area contributed by atoms with Crippen LogP contribution in [0.5, 0.6) is 17.2 Å². The lowest BCUT2D eigenvalue weighted by Gasteiger charge is -2.15. The Hall–Kier alpha value is -2.05. The van der Waals surface area contributed by atoms with Crippen molar-refractivity contribution >= 4 is 48.4 Å². The standard InChI is InChI=1S/C19H14Br2O4/c1-24-18-11-8-7-10(17(23)12-5-3-4-6-14(12)22)9-13(11)19(25-2)16(21)15(18)20/h3-9,22H,1-2H3. The second-order valence-electron chi connectivity index (χ2n) is 5.30. The van der Waals surface area contributed by atoms with E-state index in [0.29, 0.717) is 21.5 Å². The molecule has 0 fully saturated rings. The van der Waals surface area contributed by atoms with Gasteiger partial charge in [0.05, 0.1) is 28.7 Å². The molecule has 1 N–H and O–H groups in total. The highest BCUT2D eigenvalue weighted by atomic mass is 79.9. The maximum atomic E-state index is 12.8. The maximum Gasteiger partial charge on any atom is 0.196 e. The van der Waals surface area contributed by atoms with Gasteiger partial charge in [-0.05, 0) is 56.1 Å². The lowest BCUT2D eigenvalue weighted by molar-refractivity contribution is 0.103. The number of aromatic hydroxyl groups is 1. The fraction of sp³-hybridized carbons (Fsp3) is 0.105. The largest absolute Gasteiger partial charge is 0.507 e. The first kappa shape index (κ1) is 17.8. The van der Waals surface area contributed by atoms with Crippen LogP contribution in [0.25, 0.3) is 10.8 Å². The van der Waals surface area contributed by atoms with E-state index in [1.165, 1.54) is 6.07 Å². The SMILES string of the molecule is COc1c(Br)c(Br)c(OC)c2cc(C(=O)c3ccccc3O)ccc12. The lowest BCUT2D eigenvalue weighted by atomic mass is 9.98. The Morgan fingerprint density at radius 3 is 2.12 bits per heavy atom. The highest BCUT2D eigenvalue weighted by molar-refractivity contribution is 9.13. The van der Waals surface area contributed by atoms with Gasteiger partial charge in [-0.1, -0.05) is 18.2 Å². The van der Waals surface area contributed by atoms with Crippen molar-refractivity contribution in [2.45, 2.75) is 0 Å². The number of rotatable bonds is 4. The molecule has 0 unspecified atom stereocenters. The molecule has 0 saturated carbocycles. The molecule has 3 rings (SSSR count). The van der Waals surface area contributed by atoms with E-state index in [-0.39, 0.29) is 17.1 Å². The average molecular weight is 466 g/mol. The molecule has 0 aliphatic rings. The average Bonchev–Trinajstić information content (AvgIpc) is 2.62. The predicted molar refractivity (Wildman–Crippen MR) is 104 cm³/mol. The van der Waals surface area contributed by atoms with E-state index in [4.69, 9.17) is 9.47 Å². The molecule has 0 aromatic heterocycles. The summed E-state index contributed by atoms with van der Waals surface area (Å²) < 4.78 is 12.4. The van der Waals surface area contributed by atoms with Crippen molar-refractivity contribution < 1.29 is 19.4 Å². The van der Waals surface area contributed by atoms with Gasteiger partial charge in [-0.25, -0.2) is 0 Å². The third-order valence-electron chi connectivity index (χ3n) is 3.92. The molecule has 0 bridgehead atoms. The summed E-state index contributed by atoms with van der Waals surface area (Å²) in [7, 11) is 3.15. The zero-order valence-electron chi connectivity index (χ0n) is 13.5. The van der Waals surface area contributed by atoms with Gasteiger partial charge in [0.2, 0.25) is 0 Å². The van der Waals surface area contributed by atoms with Crippen molar-refractivity contribution in [3.63, 3.8) is 0 Å². The van der Waals surface area contributed by atoms with E-state index in [2.05, 4.69) is 31.9 Å². The fourth-order valence-electron chi connectivity index (χ4n) is 2.73. The number of phenolic OH excluding ortho intramolecular Hbond substituents is 1. The van der Waals surface area contributed by atoms with Crippen LogP contribution in [0.4, 0.5) is 0 Å². The van der Waals surface area contributed by atoms with Crippen LogP contribution in [0.3, 0.4) is 0 Å². The maximum absolute atomic E-state index is 12.8. The van der Waals surface area contributed by atoms with Crippen molar-refractivity contribution in [2.24, 2.45) is 0 Å². The smallest absolute Gasteiger partial charge is 0.196 e. The molecule has 0 aliphatic heterocycles. The van der Waals surface area contributed by atoms with Crippen molar-refractivity contribution in [3.8, 4) is 17.2 Å². The minimum Gasteiger partial charge on any atom is -0.507 e. The van der Waals surface area contributed by atoms with Crippen molar-refractivity contribution in [3.05, 3.63) is 62.5 Å². The monoisotopic (exact) mass is 464 g/mol. The summed E-state index contributed by atoms with van der Waals surface area (Å²) in [6.45, 7) is 0. The molecule has 25 heavy (non-hydrogen) atoms. The van der Waals surface area contributed by atoms with Crippen molar-refractivity contribution in [1.29, 1.82) is 0 Å². The number of para-hydroxylation sites is 1. The second-order valence-corrected chi connectivity index (χ2v) is 6.89. The summed E-state index contributed by atoms with van der Waals surface area (Å²) in [6, 6.07) is 11.7. The van der Waals surface area contributed by atoms with Crippen molar-refractivity contribution in [1.82, 2.24) is 0 Å². The summed E-state index contributed by atoms with van der Waals surface area (Å²) in [5.74, 6) is 0.924. The van der Waals surface area contributed by atoms with Crippen molar-refractivity contribution in [2.75, 3.05) is 14.2 Å². The predicted octanol–water partition coefficient (Wildman–Crippen LogP) is 5.32. The fourth-order valence-corrected chi connectivity index (χ4v) is 3.84. The first-order valence-electron chi connectivity index (χ1n) is 7.35. The molecule has 0 atom stereocenters. The summed E-state index contributed by atoms with van der Waals surface area (Å²) in [5, 5.41) is 11.5. The molecule has 0 aliphatic carbocycles. The molecule has 0 heterocycles. The van der Waals surface area contributed by atoms with Crippen LogP contribution in [0.2, 0.25) is 0 Å². The quantitative estimate of drug-likeness (QED) is 0.530. The zero-order valence-corrected chi connectivity index (χ0v) is 16.6. The molecule has 3 aromatic rings. The Balaban J connectivity index is 2.25. The first-order valence-corrected chi connectivity index (χ1v) is 8.93. The number of hydrogen-bond acceptors (Lipinski definition) is 4.